The van der Waals surface area contributed by atoms with E-state index in [2.05, 4.69) is 0 Å². The fourth-order valence-electron chi connectivity index (χ4n) is 3.55. The van der Waals surface area contributed by atoms with Crippen molar-refractivity contribution in [3.8, 4) is 22.6 Å². The maximum atomic E-state index is 11.8. The van der Waals surface area contributed by atoms with Crippen LogP contribution in [-0.2, 0) is 9.59 Å². The quantitative estimate of drug-likeness (QED) is 0.271. The molecule has 0 radical (unpaired) electrons. The van der Waals surface area contributed by atoms with E-state index in [1.807, 2.05) is 66.7 Å². The van der Waals surface area contributed by atoms with Gasteiger partial charge in [-0.25, -0.2) is 0 Å². The highest BCUT2D eigenvalue weighted by molar-refractivity contribution is 6.18. The number of ether oxygens (including phenoxy) is 2. The van der Waals surface area contributed by atoms with Gasteiger partial charge < -0.3 is 9.47 Å². The van der Waals surface area contributed by atoms with Crippen LogP contribution in [-0.4, -0.2) is 11.9 Å². The van der Waals surface area contributed by atoms with Crippen LogP contribution in [0.5, 0.6) is 11.5 Å². The zero-order chi connectivity index (χ0) is 19.7. The van der Waals surface area contributed by atoms with Crippen molar-refractivity contribution >= 4 is 33.5 Å². The summed E-state index contributed by atoms with van der Waals surface area (Å²) in [4.78, 5) is 23.4. The molecule has 4 aromatic carbocycles. The first-order valence-corrected chi connectivity index (χ1v) is 8.96. The molecular weight excluding hydrogens is 352 g/mol. The lowest BCUT2D eigenvalue weighted by atomic mass is 9.91. The first-order chi connectivity index (χ1) is 13.6. The van der Waals surface area contributed by atoms with Crippen molar-refractivity contribution < 1.29 is 19.1 Å². The molecule has 0 aliphatic carbocycles. The summed E-state index contributed by atoms with van der Waals surface area (Å²) < 4.78 is 11.1. The van der Waals surface area contributed by atoms with E-state index in [0.29, 0.717) is 11.5 Å². The zero-order valence-corrected chi connectivity index (χ0v) is 15.6. The van der Waals surface area contributed by atoms with E-state index in [0.717, 1.165) is 32.7 Å². The standard InChI is InChI=1S/C24H18O4/c1-15(25)27-22-14-8-7-13-21(22)23-17-9-3-5-11-19(17)24(28-16(2)26)20-12-6-4-10-18(20)23/h3-14H,1-2H3. The highest BCUT2D eigenvalue weighted by atomic mass is 16.5. The van der Waals surface area contributed by atoms with E-state index < -0.39 is 0 Å². The summed E-state index contributed by atoms with van der Waals surface area (Å²) >= 11 is 0. The van der Waals surface area contributed by atoms with Crippen LogP contribution in [0, 0.1) is 0 Å². The summed E-state index contributed by atoms with van der Waals surface area (Å²) in [6.07, 6.45) is 0. The zero-order valence-electron chi connectivity index (χ0n) is 15.6. The molecule has 0 bridgehead atoms. The Balaban J connectivity index is 2.16. The van der Waals surface area contributed by atoms with Gasteiger partial charge in [0, 0.05) is 35.7 Å². The summed E-state index contributed by atoms with van der Waals surface area (Å²) in [6.45, 7) is 2.78. The monoisotopic (exact) mass is 370 g/mol. The van der Waals surface area contributed by atoms with Crippen molar-refractivity contribution in [3.63, 3.8) is 0 Å². The minimum Gasteiger partial charge on any atom is -0.426 e. The molecule has 0 unspecified atom stereocenters. The summed E-state index contributed by atoms with van der Waals surface area (Å²) in [5, 5.41) is 3.47. The van der Waals surface area contributed by atoms with Gasteiger partial charge in [0.25, 0.3) is 0 Å². The third-order valence-electron chi connectivity index (χ3n) is 4.54. The van der Waals surface area contributed by atoms with Gasteiger partial charge in [0.05, 0.1) is 0 Å². The fraction of sp³-hybridized carbons (Fsp3) is 0.0833. The smallest absolute Gasteiger partial charge is 0.308 e. The molecule has 0 aromatic heterocycles. The van der Waals surface area contributed by atoms with E-state index in [9.17, 15) is 9.59 Å². The van der Waals surface area contributed by atoms with Crippen molar-refractivity contribution in [3.05, 3.63) is 72.8 Å². The number of para-hydroxylation sites is 1. The van der Waals surface area contributed by atoms with Gasteiger partial charge in [0.2, 0.25) is 0 Å². The van der Waals surface area contributed by atoms with E-state index >= 15 is 0 Å². The Hall–Kier alpha value is -3.66. The van der Waals surface area contributed by atoms with Crippen molar-refractivity contribution in [1.29, 1.82) is 0 Å². The number of esters is 2. The van der Waals surface area contributed by atoms with Crippen molar-refractivity contribution in [1.82, 2.24) is 0 Å². The van der Waals surface area contributed by atoms with Gasteiger partial charge in [-0.2, -0.15) is 0 Å². The second kappa shape index (κ2) is 7.16. The summed E-state index contributed by atoms with van der Waals surface area (Å²) in [5.41, 5.74) is 1.73. The topological polar surface area (TPSA) is 52.6 Å². The van der Waals surface area contributed by atoms with E-state index in [-0.39, 0.29) is 11.9 Å². The van der Waals surface area contributed by atoms with Crippen molar-refractivity contribution in [2.45, 2.75) is 13.8 Å². The Kier molecular flexibility index (Phi) is 4.53. The Morgan fingerprint density at radius 2 is 1.07 bits per heavy atom. The summed E-state index contributed by atoms with van der Waals surface area (Å²) in [5.74, 6) is 0.277. The van der Waals surface area contributed by atoms with Gasteiger partial charge in [-0.15, -0.1) is 0 Å². The number of hydrogen-bond acceptors (Lipinski definition) is 4. The molecule has 0 spiro atoms. The molecule has 28 heavy (non-hydrogen) atoms. The maximum Gasteiger partial charge on any atom is 0.308 e. The lowest BCUT2D eigenvalue weighted by Gasteiger charge is -2.18. The predicted molar refractivity (Wildman–Crippen MR) is 110 cm³/mol. The molecule has 0 heterocycles. The minimum atomic E-state index is -0.377. The second-order valence-corrected chi connectivity index (χ2v) is 6.48. The van der Waals surface area contributed by atoms with Gasteiger partial charge in [0.1, 0.15) is 11.5 Å². The van der Waals surface area contributed by atoms with E-state index in [4.69, 9.17) is 9.47 Å². The first-order valence-electron chi connectivity index (χ1n) is 8.96. The number of carbonyl (C=O) groups is 2. The van der Waals surface area contributed by atoms with E-state index in [1.54, 1.807) is 6.07 Å². The van der Waals surface area contributed by atoms with Gasteiger partial charge >= 0.3 is 11.9 Å². The minimum absolute atomic E-state index is 0.372. The normalized spacial score (nSPS) is 10.8. The molecular formula is C24H18O4. The van der Waals surface area contributed by atoms with Crippen LogP contribution >= 0.6 is 0 Å². The molecule has 0 aliphatic heterocycles. The van der Waals surface area contributed by atoms with Crippen molar-refractivity contribution in [2.75, 3.05) is 0 Å². The molecule has 0 aliphatic rings. The van der Waals surface area contributed by atoms with Crippen molar-refractivity contribution in [2.24, 2.45) is 0 Å². The Morgan fingerprint density at radius 3 is 1.61 bits per heavy atom. The van der Waals surface area contributed by atoms with Gasteiger partial charge in [0.15, 0.2) is 0 Å². The van der Waals surface area contributed by atoms with Crippen LogP contribution in [0.2, 0.25) is 0 Å². The van der Waals surface area contributed by atoms with E-state index in [1.165, 1.54) is 13.8 Å². The molecule has 138 valence electrons. The average molecular weight is 370 g/mol. The van der Waals surface area contributed by atoms with Crippen LogP contribution in [0.1, 0.15) is 13.8 Å². The Labute approximate surface area is 162 Å². The molecule has 4 rings (SSSR count). The average Bonchev–Trinajstić information content (AvgIpc) is 2.68. The number of rotatable bonds is 3. The number of hydrogen-bond donors (Lipinski definition) is 0. The highest BCUT2D eigenvalue weighted by Gasteiger charge is 2.19. The van der Waals surface area contributed by atoms with Gasteiger partial charge in [-0.1, -0.05) is 66.7 Å². The van der Waals surface area contributed by atoms with Crippen LogP contribution < -0.4 is 9.47 Å². The maximum absolute atomic E-state index is 11.8. The molecule has 0 amide bonds. The molecule has 0 N–H and O–H groups in total. The van der Waals surface area contributed by atoms with Crippen LogP contribution in [0.15, 0.2) is 72.8 Å². The largest absolute Gasteiger partial charge is 0.426 e. The fourth-order valence-corrected chi connectivity index (χ4v) is 3.55. The highest BCUT2D eigenvalue weighted by Crippen LogP contribution is 2.45. The third-order valence-corrected chi connectivity index (χ3v) is 4.54. The predicted octanol–water partition coefficient (Wildman–Crippen LogP) is 5.51. The first kappa shape index (κ1) is 17.7. The molecule has 4 nitrogen and oxygen atoms in total. The molecule has 0 fully saturated rings. The molecule has 0 saturated carbocycles. The Bertz CT molecular complexity index is 1170. The SMILES string of the molecule is CC(=O)Oc1ccccc1-c1c2ccccc2c(OC(C)=O)c2ccccc12. The lowest BCUT2D eigenvalue weighted by molar-refractivity contribution is -0.132. The van der Waals surface area contributed by atoms with Crippen LogP contribution in [0.25, 0.3) is 32.7 Å². The number of carbonyl (C=O) groups excluding carboxylic acids is 2. The molecule has 0 saturated heterocycles. The second-order valence-electron chi connectivity index (χ2n) is 6.48. The van der Waals surface area contributed by atoms with Crippen LogP contribution in [0.3, 0.4) is 0 Å². The summed E-state index contributed by atoms with van der Waals surface area (Å²) in [7, 11) is 0. The van der Waals surface area contributed by atoms with Gasteiger partial charge in [-0.05, 0) is 16.8 Å². The summed E-state index contributed by atoms with van der Waals surface area (Å²) in [6, 6.07) is 23.0. The molecule has 0 atom stereocenters. The molecule has 4 heteroatoms. The molecule has 4 aromatic rings. The number of fused-ring (bicyclic) bond motifs is 2. The third kappa shape index (κ3) is 3.09. The lowest BCUT2D eigenvalue weighted by Crippen LogP contribution is -2.04. The number of benzene rings is 4. The Morgan fingerprint density at radius 1 is 0.607 bits per heavy atom. The van der Waals surface area contributed by atoms with Crippen LogP contribution in [0.4, 0.5) is 0 Å². The van der Waals surface area contributed by atoms with Gasteiger partial charge in [-0.3, -0.25) is 9.59 Å².